The second-order valence-corrected chi connectivity index (χ2v) is 4.65. The molecule has 0 spiro atoms. The number of hydrogen-bond donors (Lipinski definition) is 3. The molecule has 0 aromatic rings. The van der Waals surface area contributed by atoms with Crippen LogP contribution in [0.5, 0.6) is 0 Å². The number of carbonyl (C=O) groups is 2. The second-order valence-electron chi connectivity index (χ2n) is 4.65. The first-order chi connectivity index (χ1) is 7.95. The van der Waals surface area contributed by atoms with Crippen LogP contribution in [-0.4, -0.2) is 49.1 Å². The monoisotopic (exact) mass is 278 g/mol. The Kier molecular flexibility index (Phi) is 7.20. The topological polar surface area (TPSA) is 87.5 Å². The summed E-state index contributed by atoms with van der Waals surface area (Å²) in [6.07, 6.45) is 1.01. The third kappa shape index (κ3) is 4.44. The van der Waals surface area contributed by atoms with E-state index in [0.717, 1.165) is 19.5 Å². The molecular formula is C11H23ClN4O2. The fourth-order valence-electron chi connectivity index (χ4n) is 2.04. The van der Waals surface area contributed by atoms with E-state index in [0.29, 0.717) is 5.92 Å². The zero-order valence-corrected chi connectivity index (χ0v) is 11.9. The molecule has 1 fully saturated rings. The Hall–Kier alpha value is -0.850. The van der Waals surface area contributed by atoms with E-state index in [1.165, 1.54) is 7.05 Å². The number of rotatable bonds is 3. The molecule has 7 heteroatoms. The molecule has 3 unspecified atom stereocenters. The van der Waals surface area contributed by atoms with Gasteiger partial charge in [0.25, 0.3) is 0 Å². The maximum atomic E-state index is 11.7. The maximum Gasteiger partial charge on any atom is 0.321 e. The lowest BCUT2D eigenvalue weighted by Crippen LogP contribution is -2.48. The van der Waals surface area contributed by atoms with Gasteiger partial charge in [-0.2, -0.15) is 0 Å². The number of carbonyl (C=O) groups excluding carboxylic acids is 2. The van der Waals surface area contributed by atoms with Crippen molar-refractivity contribution in [1.29, 1.82) is 0 Å². The fourth-order valence-corrected chi connectivity index (χ4v) is 2.04. The second kappa shape index (κ2) is 7.56. The number of urea groups is 1. The molecule has 0 aromatic heterocycles. The first-order valence-corrected chi connectivity index (χ1v) is 5.98. The molecule has 0 saturated carbocycles. The third-order valence-electron chi connectivity index (χ3n) is 3.39. The van der Waals surface area contributed by atoms with Crippen molar-refractivity contribution in [2.24, 2.45) is 11.7 Å². The highest BCUT2D eigenvalue weighted by atomic mass is 35.5. The number of likely N-dealkylation sites (tertiary alicyclic amines) is 1. The SMILES string of the molecule is CNC(=O)NC(=O)C(C)N1CCC(C(C)N)C1.Cl. The average molecular weight is 279 g/mol. The molecule has 106 valence electrons. The summed E-state index contributed by atoms with van der Waals surface area (Å²) in [7, 11) is 1.48. The highest BCUT2D eigenvalue weighted by molar-refractivity contribution is 5.96. The van der Waals surface area contributed by atoms with E-state index in [-0.39, 0.29) is 30.4 Å². The van der Waals surface area contributed by atoms with Crippen LogP contribution in [0.2, 0.25) is 0 Å². The van der Waals surface area contributed by atoms with Crippen LogP contribution in [0.1, 0.15) is 20.3 Å². The molecule has 4 N–H and O–H groups in total. The largest absolute Gasteiger partial charge is 0.341 e. The van der Waals surface area contributed by atoms with Crippen LogP contribution in [0, 0.1) is 5.92 Å². The first kappa shape index (κ1) is 17.2. The zero-order chi connectivity index (χ0) is 13.0. The summed E-state index contributed by atoms with van der Waals surface area (Å²) in [6.45, 7) is 5.47. The molecule has 18 heavy (non-hydrogen) atoms. The standard InChI is InChI=1S/C11H22N4O2.ClH/c1-7(12)9-4-5-15(6-9)8(2)10(16)14-11(17)13-3;/h7-9H,4-6,12H2,1-3H3,(H2,13,14,16,17);1H. The van der Waals surface area contributed by atoms with Gasteiger partial charge in [-0.1, -0.05) is 0 Å². The van der Waals surface area contributed by atoms with Gasteiger partial charge >= 0.3 is 6.03 Å². The van der Waals surface area contributed by atoms with Crippen LogP contribution in [0.15, 0.2) is 0 Å². The van der Waals surface area contributed by atoms with Gasteiger partial charge in [-0.15, -0.1) is 12.4 Å². The summed E-state index contributed by atoms with van der Waals surface area (Å²) >= 11 is 0. The summed E-state index contributed by atoms with van der Waals surface area (Å²) in [5.74, 6) is 0.167. The molecular weight excluding hydrogens is 256 g/mol. The first-order valence-electron chi connectivity index (χ1n) is 5.98. The summed E-state index contributed by atoms with van der Waals surface area (Å²) in [5, 5.41) is 4.65. The molecule has 3 amide bonds. The molecule has 0 aromatic carbocycles. The van der Waals surface area contributed by atoms with E-state index >= 15 is 0 Å². The molecule has 1 aliphatic heterocycles. The summed E-state index contributed by atoms with van der Waals surface area (Å²) < 4.78 is 0. The van der Waals surface area contributed by atoms with Crippen molar-refractivity contribution in [3.05, 3.63) is 0 Å². The Balaban J connectivity index is 0.00000289. The van der Waals surface area contributed by atoms with E-state index in [4.69, 9.17) is 5.73 Å². The number of halogens is 1. The molecule has 1 rings (SSSR count). The smallest absolute Gasteiger partial charge is 0.321 e. The van der Waals surface area contributed by atoms with Crippen molar-refractivity contribution < 1.29 is 9.59 Å². The molecule has 3 atom stereocenters. The van der Waals surface area contributed by atoms with Crippen molar-refractivity contribution in [3.8, 4) is 0 Å². The third-order valence-corrected chi connectivity index (χ3v) is 3.39. The lowest BCUT2D eigenvalue weighted by atomic mass is 10.0. The van der Waals surface area contributed by atoms with Crippen LogP contribution < -0.4 is 16.4 Å². The maximum absolute atomic E-state index is 11.7. The molecule has 1 aliphatic rings. The Morgan fingerprint density at radius 3 is 2.44 bits per heavy atom. The van der Waals surface area contributed by atoms with Crippen molar-refractivity contribution in [3.63, 3.8) is 0 Å². The van der Waals surface area contributed by atoms with E-state index in [1.54, 1.807) is 0 Å². The molecule has 0 bridgehead atoms. The van der Waals surface area contributed by atoms with Gasteiger partial charge in [0.15, 0.2) is 0 Å². The number of amides is 3. The Morgan fingerprint density at radius 2 is 2.00 bits per heavy atom. The molecule has 0 aliphatic carbocycles. The summed E-state index contributed by atoms with van der Waals surface area (Å²) in [4.78, 5) is 24.8. The Morgan fingerprint density at radius 1 is 1.39 bits per heavy atom. The molecule has 1 heterocycles. The van der Waals surface area contributed by atoms with Gasteiger partial charge < -0.3 is 11.1 Å². The van der Waals surface area contributed by atoms with Crippen LogP contribution in [0.4, 0.5) is 4.79 Å². The molecule has 0 radical (unpaired) electrons. The average Bonchev–Trinajstić information content (AvgIpc) is 2.77. The lowest BCUT2D eigenvalue weighted by molar-refractivity contribution is -0.124. The van der Waals surface area contributed by atoms with E-state index in [2.05, 4.69) is 15.5 Å². The lowest BCUT2D eigenvalue weighted by Gasteiger charge is -2.23. The minimum absolute atomic E-state index is 0. The number of nitrogens with zero attached hydrogens (tertiary/aromatic N) is 1. The number of nitrogens with one attached hydrogen (secondary N) is 2. The van der Waals surface area contributed by atoms with Crippen molar-refractivity contribution >= 4 is 24.3 Å². The van der Waals surface area contributed by atoms with Gasteiger partial charge in [0.05, 0.1) is 6.04 Å². The molecule has 6 nitrogen and oxygen atoms in total. The predicted molar refractivity (Wildman–Crippen MR) is 72.6 cm³/mol. The fraction of sp³-hybridized carbons (Fsp3) is 0.818. The summed E-state index contributed by atoms with van der Waals surface area (Å²) in [5.41, 5.74) is 5.85. The van der Waals surface area contributed by atoms with E-state index in [1.807, 2.05) is 13.8 Å². The van der Waals surface area contributed by atoms with E-state index in [9.17, 15) is 9.59 Å². The quantitative estimate of drug-likeness (QED) is 0.674. The van der Waals surface area contributed by atoms with Gasteiger partial charge in [-0.25, -0.2) is 4.79 Å². The van der Waals surface area contributed by atoms with E-state index < -0.39 is 6.03 Å². The van der Waals surface area contributed by atoms with Crippen LogP contribution >= 0.6 is 12.4 Å². The minimum atomic E-state index is -0.468. The predicted octanol–water partition coefficient (Wildman–Crippen LogP) is -0.0786. The number of nitrogens with two attached hydrogens (primary N) is 1. The Bertz CT molecular complexity index is 299. The number of hydrogen-bond acceptors (Lipinski definition) is 4. The normalized spacial score (nSPS) is 22.8. The van der Waals surface area contributed by atoms with Crippen molar-refractivity contribution in [2.45, 2.75) is 32.4 Å². The minimum Gasteiger partial charge on any atom is -0.341 e. The summed E-state index contributed by atoms with van der Waals surface area (Å²) in [6, 6.07) is -0.616. The number of imide groups is 1. The molecule has 1 saturated heterocycles. The zero-order valence-electron chi connectivity index (χ0n) is 11.1. The van der Waals surface area contributed by atoms with Crippen LogP contribution in [0.25, 0.3) is 0 Å². The Labute approximate surface area is 114 Å². The van der Waals surface area contributed by atoms with Gasteiger partial charge in [0.2, 0.25) is 5.91 Å². The van der Waals surface area contributed by atoms with Crippen LogP contribution in [0.3, 0.4) is 0 Å². The van der Waals surface area contributed by atoms with Gasteiger partial charge in [-0.3, -0.25) is 15.0 Å². The highest BCUT2D eigenvalue weighted by Gasteiger charge is 2.31. The van der Waals surface area contributed by atoms with Gasteiger partial charge in [0, 0.05) is 19.6 Å². The van der Waals surface area contributed by atoms with Crippen molar-refractivity contribution in [2.75, 3.05) is 20.1 Å². The van der Waals surface area contributed by atoms with Crippen molar-refractivity contribution in [1.82, 2.24) is 15.5 Å². The van der Waals surface area contributed by atoms with Gasteiger partial charge in [0.1, 0.15) is 0 Å². The van der Waals surface area contributed by atoms with Gasteiger partial charge in [-0.05, 0) is 32.7 Å². The van der Waals surface area contributed by atoms with Crippen LogP contribution in [-0.2, 0) is 4.79 Å². The highest BCUT2D eigenvalue weighted by Crippen LogP contribution is 2.20.